The van der Waals surface area contributed by atoms with E-state index in [1.54, 1.807) is 18.5 Å². The van der Waals surface area contributed by atoms with Crippen molar-refractivity contribution in [2.45, 2.75) is 12.3 Å². The van der Waals surface area contributed by atoms with Gasteiger partial charge in [-0.2, -0.15) is 0 Å². The van der Waals surface area contributed by atoms with Crippen molar-refractivity contribution in [2.75, 3.05) is 0 Å². The molecule has 37 heavy (non-hydrogen) atoms. The molecule has 1 N–H and O–H groups in total. The van der Waals surface area contributed by atoms with Crippen molar-refractivity contribution in [3.63, 3.8) is 0 Å². The minimum absolute atomic E-state index is 0.191. The first kappa shape index (κ1) is 22.7. The summed E-state index contributed by atoms with van der Waals surface area (Å²) in [4.78, 5) is 8.60. The van der Waals surface area contributed by atoms with E-state index in [2.05, 4.69) is 88.9 Å². The number of pyridine rings is 2. The van der Waals surface area contributed by atoms with Crippen molar-refractivity contribution in [2.24, 2.45) is 0 Å². The molecule has 5 aromatic rings. The molecule has 0 aliphatic heterocycles. The number of allylic oxidation sites excluding steroid dienone is 4. The summed E-state index contributed by atoms with van der Waals surface area (Å²) in [5.41, 5.74) is 10.4. The maximum Gasteiger partial charge on any atom is 0.116 e. The van der Waals surface area contributed by atoms with E-state index in [0.717, 1.165) is 39.8 Å². The molecule has 2 heterocycles. The lowest BCUT2D eigenvalue weighted by atomic mass is 9.80. The van der Waals surface area contributed by atoms with Gasteiger partial charge in [-0.1, -0.05) is 78.9 Å². The molecule has 3 aromatic carbocycles. The van der Waals surface area contributed by atoms with E-state index in [0.29, 0.717) is 0 Å². The molecule has 0 saturated heterocycles. The molecule has 0 fully saturated rings. The van der Waals surface area contributed by atoms with Crippen molar-refractivity contribution in [1.29, 1.82) is 0 Å². The van der Waals surface area contributed by atoms with E-state index < -0.39 is 0 Å². The second-order valence-electron chi connectivity index (χ2n) is 9.34. The van der Waals surface area contributed by atoms with Gasteiger partial charge in [0.1, 0.15) is 5.75 Å². The van der Waals surface area contributed by atoms with Gasteiger partial charge in [-0.15, -0.1) is 0 Å². The molecule has 1 aliphatic carbocycles. The summed E-state index contributed by atoms with van der Waals surface area (Å²) in [6, 6.07) is 33.0. The lowest BCUT2D eigenvalue weighted by Gasteiger charge is -2.24. The Kier molecular flexibility index (Phi) is 6.18. The zero-order valence-electron chi connectivity index (χ0n) is 20.3. The molecule has 1 atom stereocenters. The Morgan fingerprint density at radius 1 is 0.595 bits per heavy atom. The van der Waals surface area contributed by atoms with E-state index in [9.17, 15) is 5.11 Å². The molecule has 178 valence electrons. The third-order valence-electron chi connectivity index (χ3n) is 6.87. The van der Waals surface area contributed by atoms with E-state index in [4.69, 9.17) is 0 Å². The van der Waals surface area contributed by atoms with Gasteiger partial charge in [0.15, 0.2) is 0 Å². The zero-order valence-corrected chi connectivity index (χ0v) is 20.3. The highest BCUT2D eigenvalue weighted by atomic mass is 16.3. The number of aromatic hydroxyl groups is 1. The van der Waals surface area contributed by atoms with Crippen LogP contribution in [0.15, 0.2) is 134 Å². The van der Waals surface area contributed by atoms with Crippen molar-refractivity contribution >= 4 is 11.1 Å². The Hall–Kier alpha value is -4.76. The number of nitrogens with zero attached hydrogens (tertiary/aromatic N) is 2. The summed E-state index contributed by atoms with van der Waals surface area (Å²) in [5.74, 6) is 0.462. The van der Waals surface area contributed by atoms with Gasteiger partial charge < -0.3 is 5.11 Å². The smallest absolute Gasteiger partial charge is 0.116 e. The zero-order chi connectivity index (χ0) is 25.0. The quantitative estimate of drug-likeness (QED) is 0.277. The number of hydrogen-bond acceptors (Lipinski definition) is 3. The van der Waals surface area contributed by atoms with Crippen molar-refractivity contribution in [3.8, 4) is 28.0 Å². The van der Waals surface area contributed by atoms with Gasteiger partial charge in [0.05, 0.1) is 0 Å². The fraction of sp³-hybridized carbons (Fsp3) is 0.0588. The molecule has 1 unspecified atom stereocenters. The highest BCUT2D eigenvalue weighted by Gasteiger charge is 2.20. The van der Waals surface area contributed by atoms with Crippen LogP contribution in [-0.4, -0.2) is 15.1 Å². The normalized spacial score (nSPS) is 15.1. The Morgan fingerprint density at radius 2 is 1.22 bits per heavy atom. The van der Waals surface area contributed by atoms with Crippen LogP contribution in [0.5, 0.6) is 5.75 Å². The molecular formula is C34H26N2O. The number of hydrogen-bond donors (Lipinski definition) is 1. The Labute approximate surface area is 217 Å². The Morgan fingerprint density at radius 3 is 1.92 bits per heavy atom. The molecular weight excluding hydrogens is 452 g/mol. The number of rotatable bonds is 5. The lowest BCUT2D eigenvalue weighted by Crippen LogP contribution is -2.04. The van der Waals surface area contributed by atoms with Crippen LogP contribution in [0.1, 0.15) is 29.0 Å². The van der Waals surface area contributed by atoms with Crippen molar-refractivity contribution < 1.29 is 5.11 Å². The van der Waals surface area contributed by atoms with E-state index in [-0.39, 0.29) is 11.7 Å². The maximum absolute atomic E-state index is 10.2. The molecule has 3 heteroatoms. The monoisotopic (exact) mass is 478 g/mol. The first-order valence-electron chi connectivity index (χ1n) is 12.5. The van der Waals surface area contributed by atoms with Crippen LogP contribution in [0.2, 0.25) is 0 Å². The average Bonchev–Trinajstić information content (AvgIpc) is 2.98. The summed E-state index contributed by atoms with van der Waals surface area (Å²) >= 11 is 0. The van der Waals surface area contributed by atoms with Gasteiger partial charge in [-0.25, -0.2) is 0 Å². The molecule has 1 aliphatic rings. The second-order valence-corrected chi connectivity index (χ2v) is 9.34. The predicted octanol–water partition coefficient (Wildman–Crippen LogP) is 8.17. The molecule has 0 amide bonds. The molecule has 0 radical (unpaired) electrons. The molecule has 0 bridgehead atoms. The Balaban J connectivity index is 1.42. The van der Waals surface area contributed by atoms with Gasteiger partial charge in [-0.05, 0) is 81.3 Å². The highest BCUT2D eigenvalue weighted by molar-refractivity contribution is 5.88. The van der Waals surface area contributed by atoms with Crippen LogP contribution >= 0.6 is 0 Å². The molecule has 2 aromatic heterocycles. The SMILES string of the molecule is Oc1cccc(C2=CC(c3cccc(-c4cccnc4)c3)CC(c3cccc(-c4cccnc4)c3)=C2)c1. The number of benzene rings is 3. The number of phenolic OH excluding ortho intramolecular Hbond substituents is 1. The van der Waals surface area contributed by atoms with E-state index in [1.165, 1.54) is 16.7 Å². The third kappa shape index (κ3) is 4.98. The summed E-state index contributed by atoms with van der Waals surface area (Å²) in [6.07, 6.45) is 12.9. The average molecular weight is 479 g/mol. The van der Waals surface area contributed by atoms with Crippen LogP contribution in [-0.2, 0) is 0 Å². The summed E-state index contributed by atoms with van der Waals surface area (Å²) < 4.78 is 0. The number of phenols is 1. The second kappa shape index (κ2) is 10.1. The Bertz CT molecular complexity index is 1600. The maximum atomic E-state index is 10.2. The summed E-state index contributed by atoms with van der Waals surface area (Å²) in [5, 5.41) is 10.2. The van der Waals surface area contributed by atoms with Crippen LogP contribution in [0, 0.1) is 0 Å². The van der Waals surface area contributed by atoms with Crippen LogP contribution in [0.25, 0.3) is 33.4 Å². The molecule has 6 rings (SSSR count). The van der Waals surface area contributed by atoms with Crippen LogP contribution < -0.4 is 0 Å². The molecule has 0 spiro atoms. The van der Waals surface area contributed by atoms with E-state index in [1.807, 2.05) is 36.7 Å². The van der Waals surface area contributed by atoms with Gasteiger partial charge in [-0.3, -0.25) is 9.97 Å². The lowest BCUT2D eigenvalue weighted by molar-refractivity contribution is 0.475. The largest absolute Gasteiger partial charge is 0.508 e. The van der Waals surface area contributed by atoms with Crippen molar-refractivity contribution in [3.05, 3.63) is 151 Å². The van der Waals surface area contributed by atoms with Gasteiger partial charge in [0, 0.05) is 36.3 Å². The molecule has 0 saturated carbocycles. The van der Waals surface area contributed by atoms with Gasteiger partial charge >= 0.3 is 0 Å². The van der Waals surface area contributed by atoms with E-state index >= 15 is 0 Å². The predicted molar refractivity (Wildman–Crippen MR) is 151 cm³/mol. The standard InChI is InChI=1S/C34H26N2O/c37-34-13-3-10-28(21-34)33-19-31(26-8-1-6-24(16-26)29-11-4-14-35-22-29)18-32(20-33)27-9-2-7-25(17-27)30-12-5-15-36-23-30/h1-17,19-23,31,37H,18H2. The van der Waals surface area contributed by atoms with Gasteiger partial charge in [0.2, 0.25) is 0 Å². The highest BCUT2D eigenvalue weighted by Crippen LogP contribution is 2.40. The van der Waals surface area contributed by atoms with Crippen molar-refractivity contribution in [1.82, 2.24) is 9.97 Å². The fourth-order valence-corrected chi connectivity index (χ4v) is 5.00. The minimum Gasteiger partial charge on any atom is -0.508 e. The van der Waals surface area contributed by atoms with Crippen LogP contribution in [0.4, 0.5) is 0 Å². The minimum atomic E-state index is 0.191. The first-order valence-corrected chi connectivity index (χ1v) is 12.5. The summed E-state index contributed by atoms with van der Waals surface area (Å²) in [6.45, 7) is 0. The van der Waals surface area contributed by atoms with Crippen LogP contribution in [0.3, 0.4) is 0 Å². The topological polar surface area (TPSA) is 46.0 Å². The third-order valence-corrected chi connectivity index (χ3v) is 6.87. The molecule has 3 nitrogen and oxygen atoms in total. The van der Waals surface area contributed by atoms with Gasteiger partial charge in [0.25, 0.3) is 0 Å². The number of aromatic nitrogens is 2. The fourth-order valence-electron chi connectivity index (χ4n) is 5.00. The summed E-state index contributed by atoms with van der Waals surface area (Å²) in [7, 11) is 0. The first-order chi connectivity index (χ1) is 18.2.